The molecule has 1 aliphatic rings. The van der Waals surface area contributed by atoms with Crippen LogP contribution in [0.2, 0.25) is 5.02 Å². The van der Waals surface area contributed by atoms with Gasteiger partial charge in [0.05, 0.1) is 29.3 Å². The van der Waals surface area contributed by atoms with Gasteiger partial charge < -0.3 is 10.0 Å². The Bertz CT molecular complexity index is 1240. The zero-order valence-corrected chi connectivity index (χ0v) is 19.0. The normalized spacial score (nSPS) is 20.7. The Kier molecular flexibility index (Phi) is 5.97. The van der Waals surface area contributed by atoms with Crippen LogP contribution in [0.4, 0.5) is 4.39 Å². The van der Waals surface area contributed by atoms with Gasteiger partial charge in [0.2, 0.25) is 0 Å². The standard InChI is InChI=1S/C24H20ClFN4O2S/c25-17-7-3-16(4-8-17)20-12-21(22(31)14-29(20)24(32)23-2-1-11-33-23)30-13-19(27-28-30)15-5-9-18(26)10-6-15/h1-11,13,20-22,31H,12,14H2/t20-,21-,22-/m1/s1. The number of likely N-dealkylation sites (tertiary alicyclic amines) is 1. The Morgan fingerprint density at radius 2 is 1.88 bits per heavy atom. The number of amides is 1. The number of halogens is 2. The largest absolute Gasteiger partial charge is 0.389 e. The molecule has 1 amide bonds. The minimum atomic E-state index is -0.833. The van der Waals surface area contributed by atoms with E-state index in [9.17, 15) is 14.3 Å². The van der Waals surface area contributed by atoms with Gasteiger partial charge in [0, 0.05) is 17.1 Å². The first-order valence-corrected chi connectivity index (χ1v) is 11.7. The molecule has 0 aliphatic carbocycles. The quantitative estimate of drug-likeness (QED) is 0.445. The number of carbonyl (C=O) groups excluding carboxylic acids is 1. The monoisotopic (exact) mass is 482 g/mol. The Morgan fingerprint density at radius 1 is 1.12 bits per heavy atom. The molecule has 0 bridgehead atoms. The SMILES string of the molecule is O=C(c1cccs1)N1C[C@@H](O)[C@H](n2cc(-c3ccc(F)cc3)nn2)C[C@@H]1c1ccc(Cl)cc1. The van der Waals surface area contributed by atoms with Crippen molar-refractivity contribution in [1.82, 2.24) is 19.9 Å². The third-order valence-corrected chi connectivity index (χ3v) is 7.02. The first kappa shape index (κ1) is 21.8. The fourth-order valence-electron chi connectivity index (χ4n) is 4.21. The second-order valence-corrected chi connectivity index (χ2v) is 9.35. The number of nitrogens with zero attached hydrogens (tertiary/aromatic N) is 4. The lowest BCUT2D eigenvalue weighted by molar-refractivity contribution is -0.00382. The highest BCUT2D eigenvalue weighted by Crippen LogP contribution is 2.38. The Morgan fingerprint density at radius 3 is 2.58 bits per heavy atom. The molecule has 33 heavy (non-hydrogen) atoms. The minimum Gasteiger partial charge on any atom is -0.389 e. The molecule has 3 atom stereocenters. The number of hydrogen-bond donors (Lipinski definition) is 1. The van der Waals surface area contributed by atoms with E-state index in [0.717, 1.165) is 11.1 Å². The number of piperidine rings is 1. The van der Waals surface area contributed by atoms with E-state index in [-0.39, 0.29) is 30.4 Å². The van der Waals surface area contributed by atoms with Gasteiger partial charge in [-0.15, -0.1) is 16.4 Å². The molecule has 1 saturated heterocycles. The van der Waals surface area contributed by atoms with Gasteiger partial charge in [-0.05, 0) is 59.8 Å². The summed E-state index contributed by atoms with van der Waals surface area (Å²) in [5.74, 6) is -0.441. The molecule has 0 radical (unpaired) electrons. The van der Waals surface area contributed by atoms with E-state index >= 15 is 0 Å². The molecule has 1 aliphatic heterocycles. The average Bonchev–Trinajstić information content (AvgIpc) is 3.52. The van der Waals surface area contributed by atoms with Crippen molar-refractivity contribution in [2.75, 3.05) is 6.54 Å². The van der Waals surface area contributed by atoms with Crippen molar-refractivity contribution >= 4 is 28.8 Å². The number of carbonyl (C=O) groups is 1. The fraction of sp³-hybridized carbons (Fsp3) is 0.208. The third kappa shape index (κ3) is 4.42. The molecule has 3 heterocycles. The number of benzene rings is 2. The minimum absolute atomic E-state index is 0.118. The molecular weight excluding hydrogens is 463 g/mol. The van der Waals surface area contributed by atoms with E-state index < -0.39 is 6.10 Å². The van der Waals surface area contributed by atoms with Crippen LogP contribution in [-0.2, 0) is 0 Å². The summed E-state index contributed by atoms with van der Waals surface area (Å²) < 4.78 is 14.9. The number of rotatable bonds is 4. The number of β-amino-alcohol motifs (C(OH)–C–C–N with tert-alkyl or cyclic N) is 1. The Hall–Kier alpha value is -3.07. The lowest BCUT2D eigenvalue weighted by Crippen LogP contribution is -2.49. The average molecular weight is 483 g/mol. The Labute approximate surface area is 198 Å². The molecule has 168 valence electrons. The summed E-state index contributed by atoms with van der Waals surface area (Å²) in [5, 5.41) is 21.9. The topological polar surface area (TPSA) is 71.2 Å². The van der Waals surface area contributed by atoms with Crippen molar-refractivity contribution < 1.29 is 14.3 Å². The van der Waals surface area contributed by atoms with E-state index in [0.29, 0.717) is 22.0 Å². The van der Waals surface area contributed by atoms with Crippen LogP contribution in [0.1, 0.15) is 33.7 Å². The molecule has 0 spiro atoms. The molecule has 0 saturated carbocycles. The van der Waals surface area contributed by atoms with Gasteiger partial charge in [0.25, 0.3) is 5.91 Å². The summed E-state index contributed by atoms with van der Waals surface area (Å²) in [4.78, 5) is 15.6. The summed E-state index contributed by atoms with van der Waals surface area (Å²) in [6, 6.07) is 16.4. The van der Waals surface area contributed by atoms with E-state index in [1.165, 1.54) is 23.5 Å². The van der Waals surface area contributed by atoms with Crippen LogP contribution in [0.15, 0.2) is 72.2 Å². The van der Waals surface area contributed by atoms with Crippen LogP contribution >= 0.6 is 22.9 Å². The molecule has 1 N–H and O–H groups in total. The highest BCUT2D eigenvalue weighted by atomic mass is 35.5. The van der Waals surface area contributed by atoms with Gasteiger partial charge in [0.15, 0.2) is 0 Å². The Balaban J connectivity index is 1.46. The number of aliphatic hydroxyl groups excluding tert-OH is 1. The molecule has 2 aromatic heterocycles. The van der Waals surface area contributed by atoms with Gasteiger partial charge in [0.1, 0.15) is 11.5 Å². The maximum atomic E-state index is 13.3. The van der Waals surface area contributed by atoms with Crippen molar-refractivity contribution in [2.45, 2.75) is 24.6 Å². The van der Waals surface area contributed by atoms with Gasteiger partial charge in [-0.1, -0.05) is 35.0 Å². The van der Waals surface area contributed by atoms with E-state index in [1.807, 2.05) is 23.6 Å². The van der Waals surface area contributed by atoms with E-state index in [2.05, 4.69) is 10.3 Å². The van der Waals surface area contributed by atoms with Crippen LogP contribution in [0, 0.1) is 5.82 Å². The lowest BCUT2D eigenvalue weighted by Gasteiger charge is -2.42. The van der Waals surface area contributed by atoms with Crippen molar-refractivity contribution in [3.8, 4) is 11.3 Å². The first-order valence-electron chi connectivity index (χ1n) is 10.5. The zero-order chi connectivity index (χ0) is 22.9. The molecule has 4 aromatic rings. The van der Waals surface area contributed by atoms with Crippen LogP contribution < -0.4 is 0 Å². The first-order chi connectivity index (χ1) is 16.0. The van der Waals surface area contributed by atoms with Crippen LogP contribution in [0.5, 0.6) is 0 Å². The molecule has 1 fully saturated rings. The van der Waals surface area contributed by atoms with Crippen molar-refractivity contribution in [1.29, 1.82) is 0 Å². The molecule has 6 nitrogen and oxygen atoms in total. The lowest BCUT2D eigenvalue weighted by atomic mass is 9.90. The van der Waals surface area contributed by atoms with Crippen LogP contribution in [0.25, 0.3) is 11.3 Å². The van der Waals surface area contributed by atoms with Crippen molar-refractivity contribution in [3.63, 3.8) is 0 Å². The molecule has 9 heteroatoms. The van der Waals surface area contributed by atoms with E-state index in [1.54, 1.807) is 46.1 Å². The third-order valence-electron chi connectivity index (χ3n) is 5.91. The second kappa shape index (κ2) is 9.05. The highest BCUT2D eigenvalue weighted by molar-refractivity contribution is 7.12. The van der Waals surface area contributed by atoms with Crippen LogP contribution in [-0.4, -0.2) is 43.6 Å². The second-order valence-electron chi connectivity index (χ2n) is 7.96. The van der Waals surface area contributed by atoms with Crippen molar-refractivity contribution in [3.05, 3.63) is 93.5 Å². The van der Waals surface area contributed by atoms with Gasteiger partial charge >= 0.3 is 0 Å². The fourth-order valence-corrected chi connectivity index (χ4v) is 5.01. The summed E-state index contributed by atoms with van der Waals surface area (Å²) in [6.45, 7) is 0.153. The maximum absolute atomic E-state index is 13.3. The number of aromatic nitrogens is 3. The zero-order valence-electron chi connectivity index (χ0n) is 17.4. The van der Waals surface area contributed by atoms with Gasteiger partial charge in [-0.2, -0.15) is 0 Å². The number of aliphatic hydroxyl groups is 1. The highest BCUT2D eigenvalue weighted by Gasteiger charge is 2.40. The summed E-state index contributed by atoms with van der Waals surface area (Å²) in [6.07, 6.45) is 1.36. The summed E-state index contributed by atoms with van der Waals surface area (Å²) >= 11 is 7.46. The van der Waals surface area contributed by atoms with Gasteiger partial charge in [-0.3, -0.25) is 4.79 Å². The van der Waals surface area contributed by atoms with E-state index in [4.69, 9.17) is 11.6 Å². The molecular formula is C24H20ClFN4O2S. The van der Waals surface area contributed by atoms with Crippen molar-refractivity contribution in [2.24, 2.45) is 0 Å². The smallest absolute Gasteiger partial charge is 0.264 e. The summed E-state index contributed by atoms with van der Waals surface area (Å²) in [7, 11) is 0. The predicted octanol–water partition coefficient (Wildman–Crippen LogP) is 4.99. The molecule has 5 rings (SSSR count). The molecule has 0 unspecified atom stereocenters. The van der Waals surface area contributed by atoms with Gasteiger partial charge in [-0.25, -0.2) is 9.07 Å². The summed E-state index contributed by atoms with van der Waals surface area (Å²) in [5.41, 5.74) is 2.25. The number of thiophene rings is 1. The maximum Gasteiger partial charge on any atom is 0.264 e. The predicted molar refractivity (Wildman–Crippen MR) is 125 cm³/mol. The number of hydrogen-bond acceptors (Lipinski definition) is 5. The van der Waals surface area contributed by atoms with Crippen LogP contribution in [0.3, 0.4) is 0 Å². The molecule has 2 aromatic carbocycles.